The number of H-pyrrole nitrogens is 1. The molecule has 3 heterocycles. The fourth-order valence-electron chi connectivity index (χ4n) is 4.56. The Kier molecular flexibility index (Phi) is 3.58. The van der Waals surface area contributed by atoms with E-state index in [-0.39, 0.29) is 17.2 Å². The zero-order valence-corrected chi connectivity index (χ0v) is 16.1. The van der Waals surface area contributed by atoms with E-state index < -0.39 is 17.5 Å². The number of fused-ring (bicyclic) bond motifs is 5. The van der Waals surface area contributed by atoms with Crippen LogP contribution in [-0.4, -0.2) is 41.4 Å². The summed E-state index contributed by atoms with van der Waals surface area (Å²) in [4.78, 5) is 45.3. The maximum atomic E-state index is 13.7. The second-order valence-electron chi connectivity index (χ2n) is 7.43. The third-order valence-corrected chi connectivity index (χ3v) is 6.02. The van der Waals surface area contributed by atoms with E-state index in [1.807, 2.05) is 24.3 Å². The van der Waals surface area contributed by atoms with Crippen LogP contribution in [-0.2, 0) is 21.5 Å². The Bertz CT molecular complexity index is 1200. The van der Waals surface area contributed by atoms with Crippen molar-refractivity contribution in [2.75, 3.05) is 18.6 Å². The highest BCUT2D eigenvalue weighted by molar-refractivity contribution is 6.25. The van der Waals surface area contributed by atoms with Crippen LogP contribution in [0.25, 0.3) is 10.9 Å². The number of hydrogen-bond donors (Lipinski definition) is 1. The van der Waals surface area contributed by atoms with Crippen molar-refractivity contribution < 1.29 is 19.1 Å². The van der Waals surface area contributed by atoms with Gasteiger partial charge in [-0.15, -0.1) is 0 Å². The molecule has 7 heteroatoms. The van der Waals surface area contributed by atoms with Crippen LogP contribution < -0.4 is 4.90 Å². The molecule has 0 aliphatic carbocycles. The van der Waals surface area contributed by atoms with Crippen LogP contribution in [0, 0.1) is 0 Å². The lowest BCUT2D eigenvalue weighted by Gasteiger charge is -2.35. The lowest BCUT2D eigenvalue weighted by atomic mass is 9.87. The average Bonchev–Trinajstić information content (AvgIpc) is 3.22. The van der Waals surface area contributed by atoms with Crippen molar-refractivity contribution in [2.45, 2.75) is 18.9 Å². The van der Waals surface area contributed by atoms with Crippen molar-refractivity contribution in [3.8, 4) is 0 Å². The van der Waals surface area contributed by atoms with E-state index in [2.05, 4.69) is 4.98 Å². The molecule has 3 amide bonds. The van der Waals surface area contributed by atoms with Crippen LogP contribution in [0.4, 0.5) is 10.5 Å². The van der Waals surface area contributed by atoms with Crippen LogP contribution in [0.15, 0.2) is 48.5 Å². The third kappa shape index (κ3) is 2.15. The highest BCUT2D eigenvalue weighted by Crippen LogP contribution is 2.45. The highest BCUT2D eigenvalue weighted by Gasteiger charge is 2.59. The molecule has 1 N–H and O–H groups in total. The molecule has 5 rings (SSSR count). The number of hydrogen-bond acceptors (Lipinski definition) is 4. The first kappa shape index (κ1) is 17.5. The van der Waals surface area contributed by atoms with Gasteiger partial charge in [0.15, 0.2) is 5.54 Å². The Balaban J connectivity index is 1.69. The summed E-state index contributed by atoms with van der Waals surface area (Å²) in [6, 6.07) is 14.0. The number of aromatic nitrogens is 1. The number of aromatic amines is 1. The van der Waals surface area contributed by atoms with Gasteiger partial charge in [-0.3, -0.25) is 4.79 Å². The summed E-state index contributed by atoms with van der Waals surface area (Å²) in [6.45, 7) is 2.19. The Hall–Kier alpha value is -3.61. The number of carbonyl (C=O) groups excluding carboxylic acids is 3. The molecule has 2 aliphatic heterocycles. The number of urea groups is 1. The van der Waals surface area contributed by atoms with Crippen LogP contribution in [0.5, 0.6) is 0 Å². The largest absolute Gasteiger partial charge is 0.465 e. The normalized spacial score (nSPS) is 20.8. The monoisotopic (exact) mass is 389 g/mol. The zero-order valence-electron chi connectivity index (χ0n) is 16.1. The fourth-order valence-corrected chi connectivity index (χ4v) is 4.56. The molecular weight excluding hydrogens is 370 g/mol. The number of nitrogens with zero attached hydrogens (tertiary/aromatic N) is 2. The molecular formula is C22H19N3O4. The smallest absolute Gasteiger partial charge is 0.339 e. The molecule has 0 radical (unpaired) electrons. The number of carbonyl (C=O) groups is 3. The molecule has 1 fully saturated rings. The van der Waals surface area contributed by atoms with E-state index in [0.29, 0.717) is 13.0 Å². The summed E-state index contributed by atoms with van der Waals surface area (Å²) < 4.78 is 4.84. The molecule has 7 nitrogen and oxygen atoms in total. The zero-order chi connectivity index (χ0) is 20.3. The molecule has 1 unspecified atom stereocenters. The summed E-state index contributed by atoms with van der Waals surface area (Å²) in [7, 11) is 1.27. The molecule has 146 valence electrons. The molecule has 29 heavy (non-hydrogen) atoms. The quantitative estimate of drug-likeness (QED) is 0.539. The van der Waals surface area contributed by atoms with E-state index in [1.165, 1.54) is 7.11 Å². The van der Waals surface area contributed by atoms with Gasteiger partial charge in [0.2, 0.25) is 0 Å². The maximum Gasteiger partial charge on any atom is 0.339 e. The standard InChI is InChI=1S/C22H19N3O4/c1-22-18-14(13-7-3-5-9-16(13)23-18)11-12-24(22)21(28)25(20(22)27)17-10-6-4-8-15(17)19(26)29-2/h3-10,23H,11-12H2,1-2H3. The third-order valence-electron chi connectivity index (χ3n) is 6.02. The first-order valence-electron chi connectivity index (χ1n) is 9.42. The van der Waals surface area contributed by atoms with Gasteiger partial charge in [-0.2, -0.15) is 0 Å². The molecule has 0 saturated carbocycles. The van der Waals surface area contributed by atoms with Crippen molar-refractivity contribution in [1.82, 2.24) is 9.88 Å². The van der Waals surface area contributed by atoms with Gasteiger partial charge in [-0.1, -0.05) is 30.3 Å². The van der Waals surface area contributed by atoms with Gasteiger partial charge >= 0.3 is 12.0 Å². The number of ether oxygens (including phenoxy) is 1. The molecule has 0 bridgehead atoms. The number of imide groups is 1. The van der Waals surface area contributed by atoms with Crippen LogP contribution in [0.2, 0.25) is 0 Å². The number of anilines is 1. The second kappa shape index (κ2) is 5.94. The Morgan fingerprint density at radius 1 is 1.10 bits per heavy atom. The predicted octanol–water partition coefficient (Wildman–Crippen LogP) is 3.19. The first-order chi connectivity index (χ1) is 14.0. The van der Waals surface area contributed by atoms with E-state index in [4.69, 9.17) is 4.74 Å². The Morgan fingerprint density at radius 2 is 1.83 bits per heavy atom. The summed E-state index contributed by atoms with van der Waals surface area (Å²) in [6.07, 6.45) is 0.653. The number of esters is 1. The van der Waals surface area contributed by atoms with Crippen molar-refractivity contribution in [1.29, 1.82) is 0 Å². The van der Waals surface area contributed by atoms with Gasteiger partial charge in [0.25, 0.3) is 5.91 Å². The highest BCUT2D eigenvalue weighted by atomic mass is 16.5. The average molecular weight is 389 g/mol. The fraction of sp³-hybridized carbons (Fsp3) is 0.227. The molecule has 1 aromatic heterocycles. The summed E-state index contributed by atoms with van der Waals surface area (Å²) in [5, 5.41) is 1.07. The molecule has 2 aromatic carbocycles. The summed E-state index contributed by atoms with van der Waals surface area (Å²) in [5.74, 6) is -0.978. The van der Waals surface area contributed by atoms with E-state index >= 15 is 0 Å². The number of nitrogens with one attached hydrogen (secondary N) is 1. The molecule has 2 aliphatic rings. The molecule has 3 aromatic rings. The lowest BCUT2D eigenvalue weighted by Crippen LogP contribution is -2.49. The van der Waals surface area contributed by atoms with Gasteiger partial charge < -0.3 is 14.6 Å². The minimum atomic E-state index is -1.16. The Morgan fingerprint density at radius 3 is 2.62 bits per heavy atom. The number of benzene rings is 2. The van der Waals surface area contributed by atoms with Gasteiger partial charge in [-0.05, 0) is 37.1 Å². The SMILES string of the molecule is COC(=O)c1ccccc1N1C(=O)N2CCc3c([nH]c4ccccc34)C2(C)C1=O. The van der Waals surface area contributed by atoms with Crippen LogP contribution in [0.3, 0.4) is 0 Å². The van der Waals surface area contributed by atoms with E-state index in [1.54, 1.807) is 36.1 Å². The first-order valence-corrected chi connectivity index (χ1v) is 9.42. The molecule has 1 atom stereocenters. The number of rotatable bonds is 2. The maximum absolute atomic E-state index is 13.7. The van der Waals surface area contributed by atoms with Crippen LogP contribution in [0.1, 0.15) is 28.5 Å². The van der Waals surface area contributed by atoms with Crippen LogP contribution >= 0.6 is 0 Å². The summed E-state index contributed by atoms with van der Waals surface area (Å²) >= 11 is 0. The Labute approximate surface area is 166 Å². The van der Waals surface area contributed by atoms with Crippen molar-refractivity contribution in [3.05, 3.63) is 65.4 Å². The van der Waals surface area contributed by atoms with Gasteiger partial charge in [0, 0.05) is 17.4 Å². The van der Waals surface area contributed by atoms with Gasteiger partial charge in [0.1, 0.15) is 0 Å². The summed E-state index contributed by atoms with van der Waals surface area (Å²) in [5.41, 5.74) is 1.99. The van der Waals surface area contributed by atoms with E-state index in [9.17, 15) is 14.4 Å². The minimum absolute atomic E-state index is 0.178. The topological polar surface area (TPSA) is 82.7 Å². The van der Waals surface area contributed by atoms with Crippen molar-refractivity contribution in [2.24, 2.45) is 0 Å². The molecule has 1 saturated heterocycles. The van der Waals surface area contributed by atoms with Crippen molar-refractivity contribution >= 4 is 34.5 Å². The lowest BCUT2D eigenvalue weighted by molar-refractivity contribution is -0.125. The molecule has 0 spiro atoms. The number of para-hydroxylation sites is 2. The van der Waals surface area contributed by atoms with Gasteiger partial charge in [-0.25, -0.2) is 14.5 Å². The minimum Gasteiger partial charge on any atom is -0.465 e. The van der Waals surface area contributed by atoms with E-state index in [0.717, 1.165) is 27.1 Å². The predicted molar refractivity (Wildman–Crippen MR) is 107 cm³/mol. The number of amides is 3. The van der Waals surface area contributed by atoms with Gasteiger partial charge in [0.05, 0.1) is 24.1 Å². The van der Waals surface area contributed by atoms with Crippen molar-refractivity contribution in [3.63, 3.8) is 0 Å². The second-order valence-corrected chi connectivity index (χ2v) is 7.43. The number of methoxy groups -OCH3 is 1.